The lowest BCUT2D eigenvalue weighted by molar-refractivity contribution is -0.118. The summed E-state index contributed by atoms with van der Waals surface area (Å²) in [6.45, 7) is 2.22. The van der Waals surface area contributed by atoms with Gasteiger partial charge in [-0.05, 0) is 41.3 Å². The molecule has 2 heterocycles. The number of anilines is 1. The number of nitrogens with one attached hydrogen (secondary N) is 2. The molecule has 0 saturated carbocycles. The summed E-state index contributed by atoms with van der Waals surface area (Å²) in [7, 11) is 1.85. The second-order valence-electron chi connectivity index (χ2n) is 8.33. The number of rotatable bonds is 8. The van der Waals surface area contributed by atoms with Gasteiger partial charge in [-0.25, -0.2) is 9.37 Å². The first-order chi connectivity index (χ1) is 16.9. The van der Waals surface area contributed by atoms with Crippen LogP contribution in [0.1, 0.15) is 35.6 Å². The van der Waals surface area contributed by atoms with Gasteiger partial charge in [-0.15, -0.1) is 0 Å². The van der Waals surface area contributed by atoms with E-state index in [1.807, 2.05) is 62.6 Å². The van der Waals surface area contributed by atoms with Crippen molar-refractivity contribution in [2.75, 3.05) is 11.9 Å². The Hall–Kier alpha value is -4.35. The first-order valence-electron chi connectivity index (χ1n) is 11.2. The molecule has 1 amide bonds. The minimum absolute atomic E-state index is 0.223. The molecular weight excluding hydrogens is 443 g/mol. The molecular formula is C27H25FN6O. The smallest absolute Gasteiger partial charge is 0.247 e. The molecule has 176 valence electrons. The highest BCUT2D eigenvalue weighted by atomic mass is 19.1. The Morgan fingerprint density at radius 3 is 2.54 bits per heavy atom. The molecule has 0 radical (unpaired) electrons. The van der Waals surface area contributed by atoms with Gasteiger partial charge < -0.3 is 10.6 Å². The number of nitriles is 1. The molecule has 2 atom stereocenters. The third kappa shape index (κ3) is 5.78. The number of halogens is 1. The van der Waals surface area contributed by atoms with Gasteiger partial charge in [0.2, 0.25) is 5.91 Å². The molecule has 0 spiro atoms. The number of pyridine rings is 1. The summed E-state index contributed by atoms with van der Waals surface area (Å²) < 4.78 is 16.2. The van der Waals surface area contributed by atoms with E-state index in [0.29, 0.717) is 17.9 Å². The van der Waals surface area contributed by atoms with E-state index < -0.39 is 11.9 Å². The fourth-order valence-corrected chi connectivity index (χ4v) is 3.82. The van der Waals surface area contributed by atoms with Crippen molar-refractivity contribution in [1.29, 1.82) is 5.26 Å². The Labute approximate surface area is 203 Å². The number of hydrogen-bond acceptors (Lipinski definition) is 5. The molecule has 0 aliphatic carbocycles. The van der Waals surface area contributed by atoms with E-state index in [9.17, 15) is 9.18 Å². The van der Waals surface area contributed by atoms with Gasteiger partial charge in [-0.3, -0.25) is 9.48 Å². The van der Waals surface area contributed by atoms with Crippen LogP contribution < -0.4 is 10.6 Å². The maximum Gasteiger partial charge on any atom is 0.247 e. The fourth-order valence-electron chi connectivity index (χ4n) is 3.82. The number of amides is 1. The van der Waals surface area contributed by atoms with Crippen molar-refractivity contribution in [2.45, 2.75) is 18.9 Å². The minimum Gasteiger partial charge on any atom is -0.309 e. The average Bonchev–Trinajstić information content (AvgIpc) is 3.31. The molecule has 0 aliphatic rings. The van der Waals surface area contributed by atoms with Crippen molar-refractivity contribution in [3.63, 3.8) is 0 Å². The van der Waals surface area contributed by atoms with Gasteiger partial charge in [-0.1, -0.05) is 43.3 Å². The normalized spacial score (nSPS) is 12.5. The molecule has 2 aromatic carbocycles. The lowest BCUT2D eigenvalue weighted by Crippen LogP contribution is -2.35. The lowest BCUT2D eigenvalue weighted by Gasteiger charge is -2.21. The molecule has 0 bridgehead atoms. The number of aryl methyl sites for hydroxylation is 1. The van der Waals surface area contributed by atoms with E-state index in [-0.39, 0.29) is 17.4 Å². The summed E-state index contributed by atoms with van der Waals surface area (Å²) in [6.07, 6.45) is 5.33. The van der Waals surface area contributed by atoms with E-state index in [0.717, 1.165) is 16.7 Å². The Bertz CT molecular complexity index is 1340. The van der Waals surface area contributed by atoms with E-state index in [2.05, 4.69) is 20.7 Å². The van der Waals surface area contributed by atoms with Crippen LogP contribution in [0.4, 0.5) is 10.2 Å². The molecule has 35 heavy (non-hydrogen) atoms. The molecule has 0 saturated heterocycles. The molecule has 7 nitrogen and oxygen atoms in total. The van der Waals surface area contributed by atoms with Crippen molar-refractivity contribution in [2.24, 2.45) is 7.05 Å². The highest BCUT2D eigenvalue weighted by Crippen LogP contribution is 2.23. The van der Waals surface area contributed by atoms with Gasteiger partial charge in [0.25, 0.3) is 0 Å². The molecule has 4 rings (SSSR count). The summed E-state index contributed by atoms with van der Waals surface area (Å²) in [5, 5.41) is 19.3. The maximum atomic E-state index is 14.5. The van der Waals surface area contributed by atoms with Crippen molar-refractivity contribution < 1.29 is 9.18 Å². The second kappa shape index (κ2) is 10.7. The monoisotopic (exact) mass is 468 g/mol. The number of carbonyl (C=O) groups excluding carboxylic acids is 1. The molecule has 8 heteroatoms. The zero-order valence-corrected chi connectivity index (χ0v) is 19.4. The second-order valence-corrected chi connectivity index (χ2v) is 8.33. The largest absolute Gasteiger partial charge is 0.309 e. The van der Waals surface area contributed by atoms with Crippen LogP contribution in [-0.2, 0) is 11.8 Å². The van der Waals surface area contributed by atoms with E-state index in [1.54, 1.807) is 35.3 Å². The van der Waals surface area contributed by atoms with Crippen LogP contribution in [0.25, 0.3) is 11.1 Å². The van der Waals surface area contributed by atoms with Gasteiger partial charge in [0.15, 0.2) is 0 Å². The van der Waals surface area contributed by atoms with Crippen LogP contribution in [0.5, 0.6) is 0 Å². The molecule has 0 aliphatic heterocycles. The summed E-state index contributed by atoms with van der Waals surface area (Å²) in [5.41, 5.74) is 3.37. The van der Waals surface area contributed by atoms with Crippen molar-refractivity contribution in [3.8, 4) is 17.2 Å². The van der Waals surface area contributed by atoms with Gasteiger partial charge >= 0.3 is 0 Å². The average molecular weight is 469 g/mol. The molecule has 0 fully saturated rings. The molecule has 0 unspecified atom stereocenters. The Balaban J connectivity index is 1.48. The highest BCUT2D eigenvalue weighted by Gasteiger charge is 2.22. The first-order valence-corrected chi connectivity index (χ1v) is 11.2. The van der Waals surface area contributed by atoms with Gasteiger partial charge in [0.05, 0.1) is 17.8 Å². The zero-order valence-electron chi connectivity index (χ0n) is 19.4. The van der Waals surface area contributed by atoms with E-state index >= 15 is 0 Å². The number of carbonyl (C=O) groups is 1. The Morgan fingerprint density at radius 2 is 1.91 bits per heavy atom. The molecule has 4 aromatic rings. The van der Waals surface area contributed by atoms with E-state index in [1.165, 1.54) is 6.07 Å². The van der Waals surface area contributed by atoms with Gasteiger partial charge in [0.1, 0.15) is 17.7 Å². The summed E-state index contributed by atoms with van der Waals surface area (Å²) in [6, 6.07) is 18.7. The SMILES string of the molecule is C[C@@H](CN[C@H](C(=O)Nc1ccc(-c2cnn(C)c2)cn1)c1ccccc1)c1ccc(C#N)cc1F. The van der Waals surface area contributed by atoms with Crippen molar-refractivity contribution >= 4 is 11.7 Å². The third-order valence-corrected chi connectivity index (χ3v) is 5.74. The fraction of sp³-hybridized carbons (Fsp3) is 0.185. The van der Waals surface area contributed by atoms with Crippen molar-refractivity contribution in [3.05, 3.63) is 102 Å². The number of benzene rings is 2. The maximum absolute atomic E-state index is 14.5. The summed E-state index contributed by atoms with van der Waals surface area (Å²) in [4.78, 5) is 17.6. The topological polar surface area (TPSA) is 95.6 Å². The third-order valence-electron chi connectivity index (χ3n) is 5.74. The van der Waals surface area contributed by atoms with Crippen LogP contribution in [0, 0.1) is 17.1 Å². The number of hydrogen-bond donors (Lipinski definition) is 2. The van der Waals surface area contributed by atoms with Crippen LogP contribution in [0.15, 0.2) is 79.3 Å². The van der Waals surface area contributed by atoms with Gasteiger partial charge in [0, 0.05) is 37.1 Å². The first kappa shape index (κ1) is 23.8. The van der Waals surface area contributed by atoms with E-state index in [4.69, 9.17) is 5.26 Å². The number of aromatic nitrogens is 3. The van der Waals surface area contributed by atoms with Crippen LogP contribution >= 0.6 is 0 Å². The standard InChI is InChI=1S/C27H25FN6O/c1-18(23-10-8-19(13-29)12-24(23)28)14-31-26(20-6-4-3-5-7-20)27(35)33-25-11-9-21(15-30-25)22-16-32-34(2)17-22/h3-12,15-18,26,31H,14H2,1-2H3,(H,30,33,35)/t18-,26-/m0/s1. The zero-order chi connectivity index (χ0) is 24.8. The Morgan fingerprint density at radius 1 is 1.11 bits per heavy atom. The summed E-state index contributed by atoms with van der Waals surface area (Å²) in [5.74, 6) is -0.502. The highest BCUT2D eigenvalue weighted by molar-refractivity contribution is 5.95. The Kier molecular flexibility index (Phi) is 7.29. The minimum atomic E-state index is -0.667. The molecule has 2 aromatic heterocycles. The predicted octanol–water partition coefficient (Wildman–Crippen LogP) is 4.57. The van der Waals surface area contributed by atoms with Crippen molar-refractivity contribution in [1.82, 2.24) is 20.1 Å². The summed E-state index contributed by atoms with van der Waals surface area (Å²) >= 11 is 0. The molecule has 2 N–H and O–H groups in total. The van der Waals surface area contributed by atoms with Crippen LogP contribution in [-0.4, -0.2) is 27.2 Å². The van der Waals surface area contributed by atoms with Crippen LogP contribution in [0.3, 0.4) is 0 Å². The van der Waals surface area contributed by atoms with Gasteiger partial charge in [-0.2, -0.15) is 10.4 Å². The number of nitrogens with zero attached hydrogens (tertiary/aromatic N) is 4. The lowest BCUT2D eigenvalue weighted by atomic mass is 9.98. The predicted molar refractivity (Wildman–Crippen MR) is 132 cm³/mol. The quantitative estimate of drug-likeness (QED) is 0.395. The van der Waals surface area contributed by atoms with Crippen LogP contribution in [0.2, 0.25) is 0 Å².